The van der Waals surface area contributed by atoms with Crippen LogP contribution in [0, 0.1) is 11.3 Å². The molecule has 3 aromatic rings. The Labute approximate surface area is 164 Å². The van der Waals surface area contributed by atoms with Crippen molar-refractivity contribution in [3.05, 3.63) is 70.1 Å². The summed E-state index contributed by atoms with van der Waals surface area (Å²) in [4.78, 5) is 0. The van der Waals surface area contributed by atoms with Crippen LogP contribution in [0.1, 0.15) is 17.0 Å². The number of hydrogen-bond donors (Lipinski definition) is 2. The van der Waals surface area contributed by atoms with Crippen molar-refractivity contribution in [2.75, 3.05) is 6.79 Å². The molecule has 28 heavy (non-hydrogen) atoms. The molecule has 1 aromatic heterocycles. The van der Waals surface area contributed by atoms with E-state index in [-0.39, 0.29) is 12.7 Å². The maximum absolute atomic E-state index is 9.79. The van der Waals surface area contributed by atoms with E-state index < -0.39 is 5.92 Å². The molecule has 0 saturated carbocycles. The fourth-order valence-corrected chi connectivity index (χ4v) is 3.77. The van der Waals surface area contributed by atoms with E-state index >= 15 is 0 Å². The van der Waals surface area contributed by atoms with E-state index in [1.165, 1.54) is 0 Å². The minimum atomic E-state index is -0.492. The van der Waals surface area contributed by atoms with Crippen molar-refractivity contribution in [3.63, 3.8) is 0 Å². The lowest BCUT2D eigenvalue weighted by molar-refractivity contribution is 0.174. The normalized spacial score (nSPS) is 17.1. The standard InChI is InChI=1S/C20H13ClN4O3/c21-13-4-2-1-3-11(13)18-17-16(10-5-6-14-15(7-10)27-9-26-14)12(8-22)19(23)28-20(17)25-24-18/h1-7,16H,9,23H2,(H,24,25)/t16-/m0/s1. The largest absolute Gasteiger partial charge is 0.454 e. The molecule has 3 heterocycles. The van der Waals surface area contributed by atoms with Gasteiger partial charge in [0.15, 0.2) is 11.5 Å². The van der Waals surface area contributed by atoms with Crippen molar-refractivity contribution in [3.8, 4) is 34.7 Å². The van der Waals surface area contributed by atoms with Crippen LogP contribution in [0.4, 0.5) is 0 Å². The van der Waals surface area contributed by atoms with Crippen molar-refractivity contribution < 1.29 is 14.2 Å². The lowest BCUT2D eigenvalue weighted by atomic mass is 9.83. The highest BCUT2D eigenvalue weighted by Crippen LogP contribution is 2.48. The van der Waals surface area contributed by atoms with E-state index in [1.54, 1.807) is 6.07 Å². The van der Waals surface area contributed by atoms with Gasteiger partial charge in [-0.1, -0.05) is 35.9 Å². The molecule has 138 valence electrons. The summed E-state index contributed by atoms with van der Waals surface area (Å²) in [5.74, 6) is 1.12. The van der Waals surface area contributed by atoms with Crippen LogP contribution in [0.3, 0.4) is 0 Å². The van der Waals surface area contributed by atoms with Crippen LogP contribution in [0.25, 0.3) is 11.3 Å². The van der Waals surface area contributed by atoms with Crippen LogP contribution < -0.4 is 19.9 Å². The zero-order chi connectivity index (χ0) is 19.3. The van der Waals surface area contributed by atoms with Crippen molar-refractivity contribution in [1.29, 1.82) is 5.26 Å². The first kappa shape index (κ1) is 16.5. The Morgan fingerprint density at radius 3 is 2.82 bits per heavy atom. The number of H-pyrrole nitrogens is 1. The predicted octanol–water partition coefficient (Wildman–Crippen LogP) is 3.68. The smallest absolute Gasteiger partial charge is 0.244 e. The second-order valence-electron chi connectivity index (χ2n) is 6.33. The quantitative estimate of drug-likeness (QED) is 0.689. The number of halogens is 1. The molecule has 0 radical (unpaired) electrons. The summed E-state index contributed by atoms with van der Waals surface area (Å²) in [6.45, 7) is 0.164. The SMILES string of the molecule is N#CC1=C(N)Oc2n[nH]c(-c3ccccc3Cl)c2[C@H]1c1ccc2c(c1)OCO2. The monoisotopic (exact) mass is 392 g/mol. The van der Waals surface area contributed by atoms with E-state index in [4.69, 9.17) is 31.5 Å². The zero-order valence-electron chi connectivity index (χ0n) is 14.4. The molecule has 0 amide bonds. The highest BCUT2D eigenvalue weighted by Gasteiger charge is 2.36. The van der Waals surface area contributed by atoms with Gasteiger partial charge in [0.1, 0.15) is 11.6 Å². The van der Waals surface area contributed by atoms with Gasteiger partial charge in [0.05, 0.1) is 17.2 Å². The zero-order valence-corrected chi connectivity index (χ0v) is 15.2. The maximum Gasteiger partial charge on any atom is 0.244 e. The van der Waals surface area contributed by atoms with Gasteiger partial charge in [-0.25, -0.2) is 0 Å². The minimum absolute atomic E-state index is 0.0230. The topological polar surface area (TPSA) is 106 Å². The molecule has 2 aliphatic heterocycles. The van der Waals surface area contributed by atoms with E-state index in [1.807, 2.05) is 36.4 Å². The predicted molar refractivity (Wildman–Crippen MR) is 101 cm³/mol. The molecule has 2 aliphatic rings. The molecule has 0 spiro atoms. The Hall–Kier alpha value is -3.63. The molecule has 0 aliphatic carbocycles. The highest BCUT2D eigenvalue weighted by atomic mass is 35.5. The van der Waals surface area contributed by atoms with Gasteiger partial charge < -0.3 is 19.9 Å². The van der Waals surface area contributed by atoms with E-state index in [9.17, 15) is 5.26 Å². The van der Waals surface area contributed by atoms with Gasteiger partial charge in [0, 0.05) is 10.6 Å². The Kier molecular flexibility index (Phi) is 3.67. The molecule has 3 N–H and O–H groups in total. The lowest BCUT2D eigenvalue weighted by Gasteiger charge is -2.24. The summed E-state index contributed by atoms with van der Waals surface area (Å²) >= 11 is 6.40. The molecule has 0 saturated heterocycles. The van der Waals surface area contributed by atoms with Gasteiger partial charge in [-0.15, -0.1) is 5.10 Å². The molecule has 1 atom stereocenters. The van der Waals surface area contributed by atoms with E-state index in [2.05, 4.69) is 16.3 Å². The molecule has 0 unspecified atom stereocenters. The van der Waals surface area contributed by atoms with Crippen molar-refractivity contribution >= 4 is 11.6 Å². The lowest BCUT2D eigenvalue weighted by Crippen LogP contribution is -2.21. The van der Waals surface area contributed by atoms with Gasteiger partial charge in [-0.3, -0.25) is 5.10 Å². The molecular weight excluding hydrogens is 380 g/mol. The molecule has 5 rings (SSSR count). The van der Waals surface area contributed by atoms with Gasteiger partial charge >= 0.3 is 0 Å². The van der Waals surface area contributed by atoms with Crippen LogP contribution in [0.5, 0.6) is 17.4 Å². The summed E-state index contributed by atoms with van der Waals surface area (Å²) in [6, 6.07) is 15.1. The van der Waals surface area contributed by atoms with Crippen LogP contribution in [-0.4, -0.2) is 17.0 Å². The fraction of sp³-hybridized carbons (Fsp3) is 0.100. The first-order valence-corrected chi connectivity index (χ1v) is 8.85. The maximum atomic E-state index is 9.79. The van der Waals surface area contributed by atoms with Crippen LogP contribution in [0.2, 0.25) is 5.02 Å². The summed E-state index contributed by atoms with van der Waals surface area (Å²) in [5, 5.41) is 17.6. The van der Waals surface area contributed by atoms with Crippen molar-refractivity contribution in [2.24, 2.45) is 5.73 Å². The Morgan fingerprint density at radius 2 is 2.00 bits per heavy atom. The number of nitrogens with two attached hydrogens (primary N) is 1. The summed E-state index contributed by atoms with van der Waals surface area (Å²) in [7, 11) is 0. The van der Waals surface area contributed by atoms with Crippen molar-refractivity contribution in [1.82, 2.24) is 10.2 Å². The second-order valence-corrected chi connectivity index (χ2v) is 6.74. The Bertz CT molecular complexity index is 1180. The van der Waals surface area contributed by atoms with Crippen LogP contribution in [-0.2, 0) is 0 Å². The van der Waals surface area contributed by atoms with Crippen LogP contribution in [0.15, 0.2) is 53.9 Å². The molecule has 8 heteroatoms. The van der Waals surface area contributed by atoms with E-state index in [0.29, 0.717) is 39.2 Å². The number of nitriles is 1. The van der Waals surface area contributed by atoms with Gasteiger partial charge in [0.25, 0.3) is 0 Å². The molecule has 2 aromatic carbocycles. The number of rotatable bonds is 2. The Balaban J connectivity index is 1.74. The number of aromatic amines is 1. The molecule has 0 bridgehead atoms. The first-order chi connectivity index (χ1) is 13.7. The van der Waals surface area contributed by atoms with E-state index in [0.717, 1.165) is 11.1 Å². The minimum Gasteiger partial charge on any atom is -0.454 e. The molecule has 7 nitrogen and oxygen atoms in total. The van der Waals surface area contributed by atoms with Gasteiger partial charge in [-0.05, 0) is 23.8 Å². The fourth-order valence-electron chi connectivity index (χ4n) is 3.54. The number of ether oxygens (including phenoxy) is 3. The number of nitrogens with one attached hydrogen (secondary N) is 1. The van der Waals surface area contributed by atoms with Crippen LogP contribution >= 0.6 is 11.6 Å². The summed E-state index contributed by atoms with van der Waals surface area (Å²) in [6.07, 6.45) is 0. The second kappa shape index (κ2) is 6.22. The number of allylic oxidation sites excluding steroid dienone is 1. The third-order valence-electron chi connectivity index (χ3n) is 4.81. The average molecular weight is 393 g/mol. The summed E-state index contributed by atoms with van der Waals surface area (Å²) < 4.78 is 16.5. The number of nitrogens with zero attached hydrogens (tertiary/aromatic N) is 2. The number of fused-ring (bicyclic) bond motifs is 2. The number of aromatic nitrogens is 2. The highest BCUT2D eigenvalue weighted by molar-refractivity contribution is 6.33. The summed E-state index contributed by atoms with van der Waals surface area (Å²) in [5.41, 5.74) is 9.24. The third-order valence-corrected chi connectivity index (χ3v) is 5.14. The van der Waals surface area contributed by atoms with Gasteiger partial charge in [0.2, 0.25) is 18.6 Å². The van der Waals surface area contributed by atoms with Gasteiger partial charge in [-0.2, -0.15) is 5.26 Å². The molecule has 0 fully saturated rings. The average Bonchev–Trinajstić information content (AvgIpc) is 3.33. The Morgan fingerprint density at radius 1 is 1.18 bits per heavy atom. The van der Waals surface area contributed by atoms with Crippen molar-refractivity contribution in [2.45, 2.75) is 5.92 Å². The number of benzene rings is 2. The number of hydrogen-bond acceptors (Lipinski definition) is 6. The molecular formula is C20H13ClN4O3. The first-order valence-electron chi connectivity index (χ1n) is 8.47. The third kappa shape index (κ3) is 2.39.